The predicted molar refractivity (Wildman–Crippen MR) is 56.9 cm³/mol. The Morgan fingerprint density at radius 1 is 1.36 bits per heavy atom. The van der Waals surface area contributed by atoms with Crippen LogP contribution in [0.3, 0.4) is 0 Å². The van der Waals surface area contributed by atoms with E-state index in [1.807, 2.05) is 24.5 Å². The van der Waals surface area contributed by atoms with Crippen molar-refractivity contribution in [1.29, 1.82) is 0 Å². The lowest BCUT2D eigenvalue weighted by atomic mass is 10.1. The smallest absolute Gasteiger partial charge is 0.146 e. The Morgan fingerprint density at radius 2 is 2.00 bits per heavy atom. The standard InChI is InChI=1S/C11H18N2O/c1-10(14)11(12)6-2-3-7-13-8-4-5-9-13/h4-5,8-9,11H,2-3,6-7,12H2,1H3. The fourth-order valence-corrected chi connectivity index (χ4v) is 1.38. The van der Waals surface area contributed by atoms with Crippen LogP contribution in [0.25, 0.3) is 0 Å². The molecule has 0 aliphatic rings. The minimum Gasteiger partial charge on any atom is -0.354 e. The number of aromatic nitrogens is 1. The van der Waals surface area contributed by atoms with E-state index < -0.39 is 0 Å². The third kappa shape index (κ3) is 3.75. The van der Waals surface area contributed by atoms with E-state index in [4.69, 9.17) is 5.73 Å². The summed E-state index contributed by atoms with van der Waals surface area (Å²) in [4.78, 5) is 10.8. The van der Waals surface area contributed by atoms with E-state index in [1.165, 1.54) is 0 Å². The van der Waals surface area contributed by atoms with Gasteiger partial charge in [-0.05, 0) is 38.3 Å². The molecule has 0 aromatic carbocycles. The molecular formula is C11H18N2O. The highest BCUT2D eigenvalue weighted by Crippen LogP contribution is 2.02. The fourth-order valence-electron chi connectivity index (χ4n) is 1.38. The molecular weight excluding hydrogens is 176 g/mol. The van der Waals surface area contributed by atoms with Crippen LogP contribution in [0.15, 0.2) is 24.5 Å². The summed E-state index contributed by atoms with van der Waals surface area (Å²) in [5, 5.41) is 0. The van der Waals surface area contributed by atoms with Crippen molar-refractivity contribution >= 4 is 5.78 Å². The van der Waals surface area contributed by atoms with Gasteiger partial charge in [0.1, 0.15) is 5.78 Å². The summed E-state index contributed by atoms with van der Waals surface area (Å²) >= 11 is 0. The lowest BCUT2D eigenvalue weighted by Crippen LogP contribution is -2.27. The van der Waals surface area contributed by atoms with E-state index in [2.05, 4.69) is 4.57 Å². The van der Waals surface area contributed by atoms with Crippen molar-refractivity contribution in [1.82, 2.24) is 4.57 Å². The van der Waals surface area contributed by atoms with Crippen LogP contribution in [0.4, 0.5) is 0 Å². The average Bonchev–Trinajstić information content (AvgIpc) is 2.64. The van der Waals surface area contributed by atoms with Crippen LogP contribution in [-0.2, 0) is 11.3 Å². The van der Waals surface area contributed by atoms with Crippen LogP contribution in [0, 0.1) is 0 Å². The molecule has 1 rings (SSSR count). The van der Waals surface area contributed by atoms with Gasteiger partial charge in [-0.2, -0.15) is 0 Å². The third-order valence-electron chi connectivity index (χ3n) is 2.37. The van der Waals surface area contributed by atoms with E-state index >= 15 is 0 Å². The molecule has 2 N–H and O–H groups in total. The Hall–Kier alpha value is -1.09. The molecule has 0 saturated carbocycles. The van der Waals surface area contributed by atoms with Gasteiger partial charge in [0.05, 0.1) is 6.04 Å². The molecule has 1 aromatic rings. The zero-order valence-corrected chi connectivity index (χ0v) is 8.65. The molecule has 1 aromatic heterocycles. The van der Waals surface area contributed by atoms with Crippen molar-refractivity contribution in [3.63, 3.8) is 0 Å². The van der Waals surface area contributed by atoms with E-state index in [0.29, 0.717) is 0 Å². The number of nitrogens with two attached hydrogens (primary N) is 1. The number of carbonyl (C=O) groups is 1. The molecule has 3 heteroatoms. The number of Topliss-reactive ketones (excluding diaryl/α,β-unsaturated/α-hetero) is 1. The summed E-state index contributed by atoms with van der Waals surface area (Å²) in [6.45, 7) is 2.56. The molecule has 1 heterocycles. The van der Waals surface area contributed by atoms with Gasteiger partial charge in [-0.15, -0.1) is 0 Å². The number of nitrogens with zero attached hydrogens (tertiary/aromatic N) is 1. The van der Waals surface area contributed by atoms with E-state index in [-0.39, 0.29) is 11.8 Å². The molecule has 0 aliphatic heterocycles. The molecule has 3 nitrogen and oxygen atoms in total. The fraction of sp³-hybridized carbons (Fsp3) is 0.545. The van der Waals surface area contributed by atoms with Crippen LogP contribution in [-0.4, -0.2) is 16.4 Å². The highest BCUT2D eigenvalue weighted by atomic mass is 16.1. The minimum atomic E-state index is -0.264. The van der Waals surface area contributed by atoms with Gasteiger partial charge in [0.15, 0.2) is 0 Å². The summed E-state index contributed by atoms with van der Waals surface area (Å²) in [6, 6.07) is 3.77. The molecule has 14 heavy (non-hydrogen) atoms. The second-order valence-electron chi connectivity index (χ2n) is 3.63. The van der Waals surface area contributed by atoms with Gasteiger partial charge in [0, 0.05) is 18.9 Å². The summed E-state index contributed by atoms with van der Waals surface area (Å²) in [5.74, 6) is 0.0889. The molecule has 0 bridgehead atoms. The van der Waals surface area contributed by atoms with Crippen molar-refractivity contribution in [3.8, 4) is 0 Å². The van der Waals surface area contributed by atoms with Crippen LogP contribution in [0.1, 0.15) is 26.2 Å². The molecule has 0 fully saturated rings. The van der Waals surface area contributed by atoms with Crippen LogP contribution >= 0.6 is 0 Å². The van der Waals surface area contributed by atoms with Gasteiger partial charge in [0.2, 0.25) is 0 Å². The van der Waals surface area contributed by atoms with Gasteiger partial charge < -0.3 is 10.3 Å². The number of ketones is 1. The summed E-state index contributed by atoms with van der Waals surface area (Å²) in [5.41, 5.74) is 5.62. The molecule has 1 atom stereocenters. The summed E-state index contributed by atoms with van der Waals surface area (Å²) < 4.78 is 2.14. The first-order valence-corrected chi connectivity index (χ1v) is 5.07. The lowest BCUT2D eigenvalue weighted by Gasteiger charge is -2.07. The monoisotopic (exact) mass is 194 g/mol. The number of carbonyl (C=O) groups excluding carboxylic acids is 1. The average molecular weight is 194 g/mol. The predicted octanol–water partition coefficient (Wildman–Crippen LogP) is 1.57. The minimum absolute atomic E-state index is 0.0889. The molecule has 0 radical (unpaired) electrons. The van der Waals surface area contributed by atoms with Gasteiger partial charge in [0.25, 0.3) is 0 Å². The molecule has 0 spiro atoms. The SMILES string of the molecule is CC(=O)C(N)CCCCn1cccc1. The maximum absolute atomic E-state index is 10.8. The van der Waals surface area contributed by atoms with Gasteiger partial charge >= 0.3 is 0 Å². The third-order valence-corrected chi connectivity index (χ3v) is 2.37. The number of hydrogen-bond acceptors (Lipinski definition) is 2. The zero-order valence-electron chi connectivity index (χ0n) is 8.65. The van der Waals surface area contributed by atoms with Gasteiger partial charge in [-0.25, -0.2) is 0 Å². The van der Waals surface area contributed by atoms with Crippen LogP contribution in [0.5, 0.6) is 0 Å². The van der Waals surface area contributed by atoms with Crippen molar-refractivity contribution in [2.24, 2.45) is 5.73 Å². The zero-order chi connectivity index (χ0) is 10.4. The first-order chi connectivity index (χ1) is 6.70. The van der Waals surface area contributed by atoms with E-state index in [9.17, 15) is 4.79 Å². The summed E-state index contributed by atoms with van der Waals surface area (Å²) in [7, 11) is 0. The van der Waals surface area contributed by atoms with Crippen LogP contribution < -0.4 is 5.73 Å². The van der Waals surface area contributed by atoms with Crippen LogP contribution in [0.2, 0.25) is 0 Å². The normalized spacial score (nSPS) is 12.7. The molecule has 1 unspecified atom stereocenters. The van der Waals surface area contributed by atoms with E-state index in [0.717, 1.165) is 25.8 Å². The van der Waals surface area contributed by atoms with Crippen molar-refractivity contribution in [2.45, 2.75) is 38.8 Å². The lowest BCUT2D eigenvalue weighted by molar-refractivity contribution is -0.118. The Morgan fingerprint density at radius 3 is 2.57 bits per heavy atom. The molecule has 0 saturated heterocycles. The number of hydrogen-bond donors (Lipinski definition) is 1. The second kappa shape index (κ2) is 5.60. The Balaban J connectivity index is 2.08. The van der Waals surface area contributed by atoms with E-state index in [1.54, 1.807) is 6.92 Å². The largest absolute Gasteiger partial charge is 0.354 e. The molecule has 0 amide bonds. The number of unbranched alkanes of at least 4 members (excludes halogenated alkanes) is 1. The van der Waals surface area contributed by atoms with Crippen molar-refractivity contribution in [2.75, 3.05) is 0 Å². The first kappa shape index (κ1) is 11.0. The number of aryl methyl sites for hydroxylation is 1. The topological polar surface area (TPSA) is 48.0 Å². The van der Waals surface area contributed by atoms with Gasteiger partial charge in [-0.1, -0.05) is 0 Å². The second-order valence-corrected chi connectivity index (χ2v) is 3.63. The van der Waals surface area contributed by atoms with Gasteiger partial charge in [-0.3, -0.25) is 4.79 Å². The molecule has 78 valence electrons. The highest BCUT2D eigenvalue weighted by Gasteiger charge is 2.06. The Kier molecular flexibility index (Phi) is 4.40. The van der Waals surface area contributed by atoms with Crippen molar-refractivity contribution in [3.05, 3.63) is 24.5 Å². The van der Waals surface area contributed by atoms with Crippen molar-refractivity contribution < 1.29 is 4.79 Å². The first-order valence-electron chi connectivity index (χ1n) is 5.07. The Labute approximate surface area is 84.9 Å². The number of rotatable bonds is 6. The maximum atomic E-state index is 10.8. The summed E-state index contributed by atoms with van der Waals surface area (Å²) in [6.07, 6.45) is 6.99. The Bertz CT molecular complexity index is 267. The molecule has 0 aliphatic carbocycles. The quantitative estimate of drug-likeness (QED) is 0.699. The maximum Gasteiger partial charge on any atom is 0.146 e. The highest BCUT2D eigenvalue weighted by molar-refractivity contribution is 5.80.